The molecule has 1 aliphatic heterocycles. The minimum Gasteiger partial charge on any atom is -0.317 e. The molecular weight excluding hydrogens is 210 g/mol. The highest BCUT2D eigenvalue weighted by Crippen LogP contribution is 2.25. The SMILES string of the molecule is O=S(O)c1ccc(C2CCNCC2)cc1. The molecule has 0 bridgehead atoms. The lowest BCUT2D eigenvalue weighted by Crippen LogP contribution is -2.26. The van der Waals surface area contributed by atoms with Crippen molar-refractivity contribution in [3.63, 3.8) is 0 Å². The molecule has 1 aromatic carbocycles. The number of nitrogens with one attached hydrogen (secondary N) is 1. The Morgan fingerprint density at radius 3 is 2.33 bits per heavy atom. The van der Waals surface area contributed by atoms with Crippen molar-refractivity contribution in [2.75, 3.05) is 13.1 Å². The van der Waals surface area contributed by atoms with Crippen LogP contribution in [0, 0.1) is 0 Å². The molecule has 82 valence electrons. The van der Waals surface area contributed by atoms with Gasteiger partial charge in [-0.05, 0) is 49.5 Å². The molecular formula is C11H15NO2S. The van der Waals surface area contributed by atoms with E-state index in [9.17, 15) is 4.21 Å². The Morgan fingerprint density at radius 2 is 1.80 bits per heavy atom. The smallest absolute Gasteiger partial charge is 0.186 e. The van der Waals surface area contributed by atoms with Gasteiger partial charge in [-0.15, -0.1) is 0 Å². The molecule has 4 heteroatoms. The van der Waals surface area contributed by atoms with Gasteiger partial charge in [0.25, 0.3) is 0 Å². The average molecular weight is 225 g/mol. The van der Waals surface area contributed by atoms with Crippen LogP contribution in [0.25, 0.3) is 0 Å². The summed E-state index contributed by atoms with van der Waals surface area (Å²) in [6.45, 7) is 2.14. The first-order valence-corrected chi connectivity index (χ1v) is 6.29. The monoisotopic (exact) mass is 225 g/mol. The Balaban J connectivity index is 2.11. The van der Waals surface area contributed by atoms with E-state index in [2.05, 4.69) is 5.32 Å². The molecule has 0 radical (unpaired) electrons. The summed E-state index contributed by atoms with van der Waals surface area (Å²) in [6, 6.07) is 7.43. The molecule has 1 fully saturated rings. The van der Waals surface area contributed by atoms with Crippen LogP contribution in [0.2, 0.25) is 0 Å². The van der Waals surface area contributed by atoms with Crippen LogP contribution >= 0.6 is 0 Å². The van der Waals surface area contributed by atoms with Crippen molar-refractivity contribution in [3.05, 3.63) is 29.8 Å². The third-order valence-electron chi connectivity index (χ3n) is 2.89. The van der Waals surface area contributed by atoms with E-state index in [1.54, 1.807) is 12.1 Å². The summed E-state index contributed by atoms with van der Waals surface area (Å²) in [5.41, 5.74) is 1.28. The van der Waals surface area contributed by atoms with Crippen LogP contribution in [-0.4, -0.2) is 21.9 Å². The largest absolute Gasteiger partial charge is 0.317 e. The van der Waals surface area contributed by atoms with Gasteiger partial charge in [-0.25, -0.2) is 4.21 Å². The zero-order chi connectivity index (χ0) is 10.7. The molecule has 0 amide bonds. The summed E-state index contributed by atoms with van der Waals surface area (Å²) in [6.07, 6.45) is 2.31. The maximum atomic E-state index is 10.8. The average Bonchev–Trinajstić information content (AvgIpc) is 2.30. The van der Waals surface area contributed by atoms with Crippen molar-refractivity contribution < 1.29 is 8.76 Å². The number of piperidine rings is 1. The van der Waals surface area contributed by atoms with Gasteiger partial charge >= 0.3 is 0 Å². The normalized spacial score (nSPS) is 20.1. The molecule has 2 N–H and O–H groups in total. The molecule has 0 aliphatic carbocycles. The minimum atomic E-state index is -1.85. The molecule has 1 saturated heterocycles. The molecule has 1 aliphatic rings. The highest BCUT2D eigenvalue weighted by molar-refractivity contribution is 7.79. The first-order valence-electron chi connectivity index (χ1n) is 5.19. The highest BCUT2D eigenvalue weighted by atomic mass is 32.2. The quantitative estimate of drug-likeness (QED) is 0.754. The van der Waals surface area contributed by atoms with Crippen LogP contribution in [0.3, 0.4) is 0 Å². The van der Waals surface area contributed by atoms with E-state index in [-0.39, 0.29) is 0 Å². The van der Waals surface area contributed by atoms with Gasteiger partial charge < -0.3 is 9.87 Å². The lowest BCUT2D eigenvalue weighted by Gasteiger charge is -2.22. The lowest BCUT2D eigenvalue weighted by atomic mass is 9.90. The minimum absolute atomic E-state index is 0.479. The highest BCUT2D eigenvalue weighted by Gasteiger charge is 2.14. The molecule has 1 aromatic rings. The van der Waals surface area contributed by atoms with E-state index in [1.807, 2.05) is 12.1 Å². The first kappa shape index (κ1) is 10.8. The molecule has 1 atom stereocenters. The Labute approximate surface area is 92.2 Å². The maximum Gasteiger partial charge on any atom is 0.186 e. The Morgan fingerprint density at radius 1 is 1.20 bits per heavy atom. The molecule has 0 saturated carbocycles. The fourth-order valence-electron chi connectivity index (χ4n) is 2.01. The van der Waals surface area contributed by atoms with Crippen LogP contribution in [0.15, 0.2) is 29.2 Å². The summed E-state index contributed by atoms with van der Waals surface area (Å²) < 4.78 is 19.7. The van der Waals surface area contributed by atoms with E-state index in [0.717, 1.165) is 25.9 Å². The fraction of sp³-hybridized carbons (Fsp3) is 0.455. The van der Waals surface area contributed by atoms with Crippen LogP contribution in [0.1, 0.15) is 24.3 Å². The number of hydrogen-bond donors (Lipinski definition) is 2. The lowest BCUT2D eigenvalue weighted by molar-refractivity contribution is 0.460. The van der Waals surface area contributed by atoms with Gasteiger partial charge in [0.05, 0.1) is 4.90 Å². The van der Waals surface area contributed by atoms with Crippen molar-refractivity contribution in [3.8, 4) is 0 Å². The Hall–Kier alpha value is -0.710. The van der Waals surface area contributed by atoms with Gasteiger partial charge in [0.2, 0.25) is 0 Å². The molecule has 3 nitrogen and oxygen atoms in total. The summed E-state index contributed by atoms with van der Waals surface area (Å²) in [7, 11) is 0. The fourth-order valence-corrected chi connectivity index (χ4v) is 2.38. The first-order chi connectivity index (χ1) is 7.27. The second-order valence-corrected chi connectivity index (χ2v) is 4.81. The zero-order valence-corrected chi connectivity index (χ0v) is 9.30. The maximum absolute atomic E-state index is 10.8. The predicted molar refractivity (Wildman–Crippen MR) is 60.3 cm³/mol. The molecule has 15 heavy (non-hydrogen) atoms. The summed E-state index contributed by atoms with van der Waals surface area (Å²) >= 11 is -1.85. The number of hydrogen-bond acceptors (Lipinski definition) is 2. The molecule has 1 heterocycles. The second kappa shape index (κ2) is 4.88. The molecule has 0 spiro atoms. The van der Waals surface area contributed by atoms with Crippen molar-refractivity contribution in [1.29, 1.82) is 0 Å². The van der Waals surface area contributed by atoms with Crippen molar-refractivity contribution in [2.45, 2.75) is 23.7 Å². The van der Waals surface area contributed by atoms with E-state index >= 15 is 0 Å². The number of benzene rings is 1. The molecule has 2 rings (SSSR count). The van der Waals surface area contributed by atoms with E-state index in [4.69, 9.17) is 4.55 Å². The van der Waals surface area contributed by atoms with Crippen LogP contribution in [-0.2, 0) is 11.1 Å². The zero-order valence-electron chi connectivity index (χ0n) is 8.48. The standard InChI is InChI=1S/C11H15NO2S/c13-15(14)11-3-1-9(2-4-11)10-5-7-12-8-6-10/h1-4,10,12H,5-8H2,(H,13,14). The topological polar surface area (TPSA) is 49.3 Å². The van der Waals surface area contributed by atoms with E-state index in [1.165, 1.54) is 5.56 Å². The Bertz CT molecular complexity index is 344. The molecule has 0 aromatic heterocycles. The van der Waals surface area contributed by atoms with Crippen LogP contribution < -0.4 is 5.32 Å². The van der Waals surface area contributed by atoms with Crippen molar-refractivity contribution >= 4 is 11.1 Å². The van der Waals surface area contributed by atoms with Crippen molar-refractivity contribution in [1.82, 2.24) is 5.32 Å². The van der Waals surface area contributed by atoms with Gasteiger partial charge in [0.1, 0.15) is 0 Å². The van der Waals surface area contributed by atoms with Gasteiger partial charge in [0.15, 0.2) is 11.1 Å². The van der Waals surface area contributed by atoms with E-state index < -0.39 is 11.1 Å². The third-order valence-corrected chi connectivity index (χ3v) is 3.57. The Kier molecular flexibility index (Phi) is 3.51. The van der Waals surface area contributed by atoms with Crippen molar-refractivity contribution in [2.24, 2.45) is 0 Å². The third kappa shape index (κ3) is 2.65. The number of rotatable bonds is 2. The van der Waals surface area contributed by atoms with Gasteiger partial charge in [-0.2, -0.15) is 0 Å². The van der Waals surface area contributed by atoms with Gasteiger partial charge in [-0.1, -0.05) is 12.1 Å². The summed E-state index contributed by atoms with van der Waals surface area (Å²) in [4.78, 5) is 0.479. The predicted octanol–water partition coefficient (Wildman–Crippen LogP) is 1.73. The van der Waals surface area contributed by atoms with Crippen LogP contribution in [0.4, 0.5) is 0 Å². The van der Waals surface area contributed by atoms with Crippen LogP contribution in [0.5, 0.6) is 0 Å². The summed E-state index contributed by atoms with van der Waals surface area (Å²) in [5.74, 6) is 0.604. The summed E-state index contributed by atoms with van der Waals surface area (Å²) in [5, 5.41) is 3.33. The molecule has 1 unspecified atom stereocenters. The van der Waals surface area contributed by atoms with Gasteiger partial charge in [0, 0.05) is 0 Å². The van der Waals surface area contributed by atoms with E-state index in [0.29, 0.717) is 10.8 Å². The van der Waals surface area contributed by atoms with Gasteiger partial charge in [-0.3, -0.25) is 0 Å². The second-order valence-electron chi connectivity index (χ2n) is 3.84.